The molecular weight excluding hydrogens is 448 g/mol. The van der Waals surface area contributed by atoms with Gasteiger partial charge in [-0.3, -0.25) is 0 Å². The molecule has 0 aliphatic carbocycles. The van der Waals surface area contributed by atoms with E-state index >= 15 is 0 Å². The molecule has 0 bridgehead atoms. The zero-order valence-electron chi connectivity index (χ0n) is 21.1. The van der Waals surface area contributed by atoms with E-state index in [1.165, 1.54) is 0 Å². The molecule has 1 aliphatic rings. The minimum atomic E-state index is -0.415. The molecule has 0 saturated heterocycles. The molecule has 0 spiro atoms. The number of hydrogen-bond donors (Lipinski definition) is 0. The molecule has 0 saturated carbocycles. The lowest BCUT2D eigenvalue weighted by Gasteiger charge is -2.28. The monoisotopic (exact) mass is 476 g/mol. The van der Waals surface area contributed by atoms with E-state index < -0.39 is 5.41 Å². The van der Waals surface area contributed by atoms with Crippen LogP contribution in [0.1, 0.15) is 25.0 Å². The van der Waals surface area contributed by atoms with Gasteiger partial charge in [-0.25, -0.2) is 9.98 Å². The molecule has 0 fully saturated rings. The van der Waals surface area contributed by atoms with Crippen molar-refractivity contribution in [1.82, 2.24) is 0 Å². The summed E-state index contributed by atoms with van der Waals surface area (Å²) in [5.74, 6) is 0. The fourth-order valence-corrected chi connectivity index (χ4v) is 5.14. The van der Waals surface area contributed by atoms with Gasteiger partial charge in [-0.1, -0.05) is 121 Å². The summed E-state index contributed by atoms with van der Waals surface area (Å²) in [5.41, 5.74) is 10.2. The average Bonchev–Trinajstić information content (AvgIpc) is 3.07. The molecule has 0 atom stereocenters. The molecule has 2 heteroatoms. The van der Waals surface area contributed by atoms with E-state index in [-0.39, 0.29) is 0 Å². The van der Waals surface area contributed by atoms with Crippen molar-refractivity contribution in [1.29, 1.82) is 0 Å². The third kappa shape index (κ3) is 4.32. The second-order valence-electron chi connectivity index (χ2n) is 9.90. The lowest BCUT2D eigenvalue weighted by molar-refractivity contribution is 0.731. The maximum atomic E-state index is 5.36. The molecule has 5 aromatic carbocycles. The van der Waals surface area contributed by atoms with Crippen molar-refractivity contribution in [3.05, 3.63) is 145 Å². The van der Waals surface area contributed by atoms with Gasteiger partial charge in [0.05, 0.1) is 28.2 Å². The van der Waals surface area contributed by atoms with Gasteiger partial charge < -0.3 is 0 Å². The predicted molar refractivity (Wildman–Crippen MR) is 156 cm³/mol. The summed E-state index contributed by atoms with van der Waals surface area (Å²) in [6.07, 6.45) is 0. The summed E-state index contributed by atoms with van der Waals surface area (Å²) >= 11 is 0. The summed E-state index contributed by atoms with van der Waals surface area (Å²) in [5, 5.41) is 0. The van der Waals surface area contributed by atoms with Crippen molar-refractivity contribution in [2.24, 2.45) is 15.4 Å². The molecule has 0 amide bonds. The summed E-state index contributed by atoms with van der Waals surface area (Å²) in [6, 6.07) is 46.5. The number of hydrogen-bond acceptors (Lipinski definition) is 2. The van der Waals surface area contributed by atoms with E-state index in [2.05, 4.69) is 135 Å². The number of aliphatic imine (C=N–C) groups is 2. The highest BCUT2D eigenvalue weighted by Crippen LogP contribution is 2.45. The standard InChI is InChI=1S/C35H28N2/c1-35(2)33(27-19-11-5-12-20-27)36-31-23-29(25-15-7-3-8-16-25)30(26-17-9-4-10-18-26)24-32(31)37-34(35)28-21-13-6-14-22-28/h3-24H,1-2H3. The first kappa shape index (κ1) is 22.9. The smallest absolute Gasteiger partial charge is 0.0896 e. The van der Waals surface area contributed by atoms with Gasteiger partial charge in [-0.15, -0.1) is 0 Å². The van der Waals surface area contributed by atoms with Gasteiger partial charge in [0.15, 0.2) is 0 Å². The van der Waals surface area contributed by atoms with Crippen LogP contribution in [-0.2, 0) is 0 Å². The van der Waals surface area contributed by atoms with Crippen molar-refractivity contribution in [2.75, 3.05) is 0 Å². The number of benzene rings is 5. The van der Waals surface area contributed by atoms with Crippen LogP contribution in [0.15, 0.2) is 143 Å². The first-order valence-electron chi connectivity index (χ1n) is 12.7. The molecular formula is C35H28N2. The zero-order valence-corrected chi connectivity index (χ0v) is 21.1. The quantitative estimate of drug-likeness (QED) is 0.247. The first-order chi connectivity index (χ1) is 18.1. The highest BCUT2D eigenvalue weighted by Gasteiger charge is 2.35. The van der Waals surface area contributed by atoms with E-state index in [4.69, 9.17) is 9.98 Å². The highest BCUT2D eigenvalue weighted by atomic mass is 14.9. The van der Waals surface area contributed by atoms with Crippen LogP contribution in [0.4, 0.5) is 11.4 Å². The number of nitrogens with zero attached hydrogens (tertiary/aromatic N) is 2. The molecule has 0 aromatic heterocycles. The number of fused-ring (bicyclic) bond motifs is 1. The Hall–Kier alpha value is -4.56. The SMILES string of the molecule is CC1(C)C(c2ccccc2)=Nc2cc(-c3ccccc3)c(-c3ccccc3)cc2N=C1c1ccccc1. The molecule has 1 heterocycles. The Morgan fingerprint density at radius 3 is 1.03 bits per heavy atom. The Kier molecular flexibility index (Phi) is 5.86. The normalized spacial score (nSPS) is 14.2. The third-order valence-electron chi connectivity index (χ3n) is 7.03. The van der Waals surface area contributed by atoms with Crippen LogP contribution in [-0.4, -0.2) is 11.4 Å². The fourth-order valence-electron chi connectivity index (χ4n) is 5.14. The van der Waals surface area contributed by atoms with Crippen LogP contribution in [0.2, 0.25) is 0 Å². The van der Waals surface area contributed by atoms with Gasteiger partial charge in [-0.2, -0.15) is 0 Å². The Labute approximate surface area is 218 Å². The Morgan fingerprint density at radius 2 is 0.703 bits per heavy atom. The maximum absolute atomic E-state index is 5.36. The molecule has 0 N–H and O–H groups in total. The molecule has 1 aliphatic heterocycles. The van der Waals surface area contributed by atoms with Gasteiger partial charge in [0.1, 0.15) is 0 Å². The van der Waals surface area contributed by atoms with Crippen molar-refractivity contribution in [2.45, 2.75) is 13.8 Å². The average molecular weight is 477 g/mol. The minimum Gasteiger partial charge on any atom is -0.250 e. The van der Waals surface area contributed by atoms with E-state index in [1.807, 2.05) is 12.1 Å². The molecule has 178 valence electrons. The van der Waals surface area contributed by atoms with Crippen molar-refractivity contribution in [3.63, 3.8) is 0 Å². The first-order valence-corrected chi connectivity index (χ1v) is 12.7. The minimum absolute atomic E-state index is 0.415. The third-order valence-corrected chi connectivity index (χ3v) is 7.03. The van der Waals surface area contributed by atoms with Crippen LogP contribution in [0.25, 0.3) is 22.3 Å². The van der Waals surface area contributed by atoms with Crippen molar-refractivity contribution < 1.29 is 0 Å². The van der Waals surface area contributed by atoms with Crippen LogP contribution in [0, 0.1) is 5.41 Å². The molecule has 0 unspecified atom stereocenters. The summed E-state index contributed by atoms with van der Waals surface area (Å²) in [4.78, 5) is 10.7. The van der Waals surface area contributed by atoms with Crippen molar-refractivity contribution in [3.8, 4) is 22.3 Å². The number of rotatable bonds is 4. The van der Waals surface area contributed by atoms with Crippen LogP contribution < -0.4 is 0 Å². The van der Waals surface area contributed by atoms with Gasteiger partial charge in [0.2, 0.25) is 0 Å². The molecule has 2 nitrogen and oxygen atoms in total. The largest absolute Gasteiger partial charge is 0.250 e. The maximum Gasteiger partial charge on any atom is 0.0896 e. The predicted octanol–water partition coefficient (Wildman–Crippen LogP) is 9.30. The molecule has 37 heavy (non-hydrogen) atoms. The van der Waals surface area contributed by atoms with Gasteiger partial charge in [-0.05, 0) is 59.4 Å². The second-order valence-corrected chi connectivity index (χ2v) is 9.90. The van der Waals surface area contributed by atoms with Crippen molar-refractivity contribution >= 4 is 22.8 Å². The van der Waals surface area contributed by atoms with Crippen LogP contribution in [0.3, 0.4) is 0 Å². The second kappa shape index (κ2) is 9.48. The van der Waals surface area contributed by atoms with Gasteiger partial charge in [0, 0.05) is 0 Å². The molecule has 6 rings (SSSR count). The summed E-state index contributed by atoms with van der Waals surface area (Å²) in [7, 11) is 0. The molecule has 0 radical (unpaired) electrons. The van der Waals surface area contributed by atoms with E-state index in [1.54, 1.807) is 0 Å². The van der Waals surface area contributed by atoms with E-state index in [0.29, 0.717) is 0 Å². The Bertz CT molecular complexity index is 1480. The Morgan fingerprint density at radius 1 is 0.405 bits per heavy atom. The van der Waals surface area contributed by atoms with Crippen LogP contribution >= 0.6 is 0 Å². The highest BCUT2D eigenvalue weighted by molar-refractivity contribution is 6.25. The zero-order chi connectivity index (χ0) is 25.2. The fraction of sp³-hybridized carbons (Fsp3) is 0.0857. The van der Waals surface area contributed by atoms with Gasteiger partial charge >= 0.3 is 0 Å². The van der Waals surface area contributed by atoms with Crippen LogP contribution in [0.5, 0.6) is 0 Å². The van der Waals surface area contributed by atoms with Gasteiger partial charge in [0.25, 0.3) is 0 Å². The van der Waals surface area contributed by atoms with E-state index in [0.717, 1.165) is 56.2 Å². The topological polar surface area (TPSA) is 24.7 Å². The molecule has 5 aromatic rings. The summed E-state index contributed by atoms with van der Waals surface area (Å²) < 4.78 is 0. The van der Waals surface area contributed by atoms with E-state index in [9.17, 15) is 0 Å². The Balaban J connectivity index is 1.68. The summed E-state index contributed by atoms with van der Waals surface area (Å²) in [6.45, 7) is 4.46. The lowest BCUT2D eigenvalue weighted by Crippen LogP contribution is -2.34. The lowest BCUT2D eigenvalue weighted by atomic mass is 9.76.